The Bertz CT molecular complexity index is 1850. The van der Waals surface area contributed by atoms with Gasteiger partial charge >= 0.3 is 0 Å². The third kappa shape index (κ3) is 5.03. The SMILES string of the molecule is NC(=O)[C@H]1CCCN1c1c(Nc2cccc(NC(=O)c3sccc3NCc3ccnc4ccccc34)c2)c(=O)c1=O. The van der Waals surface area contributed by atoms with Crippen LogP contribution >= 0.6 is 11.3 Å². The Kier molecular flexibility index (Phi) is 6.94. The largest absolute Gasteiger partial charge is 0.380 e. The number of hydrogen-bond donors (Lipinski definition) is 4. The van der Waals surface area contributed by atoms with Crippen LogP contribution in [0.2, 0.25) is 0 Å². The molecule has 0 saturated carbocycles. The number of hydrogen-bond acceptors (Lipinski definition) is 9. The number of anilines is 5. The third-order valence-electron chi connectivity index (χ3n) is 7.22. The zero-order chi connectivity index (χ0) is 28.5. The molecule has 1 saturated heterocycles. The van der Waals surface area contributed by atoms with E-state index in [1.807, 2.05) is 41.8 Å². The van der Waals surface area contributed by atoms with E-state index in [-0.39, 0.29) is 17.3 Å². The molecule has 5 N–H and O–H groups in total. The van der Waals surface area contributed by atoms with Gasteiger partial charge in [-0.2, -0.15) is 0 Å². The molecule has 10 nitrogen and oxygen atoms in total. The Morgan fingerprint density at radius 1 is 1.02 bits per heavy atom. The average Bonchev–Trinajstić information content (AvgIpc) is 3.66. The standard InChI is InChI=1S/C30H26N6O4S/c31-29(39)23-9-4-13-36(23)25-24(26(37)27(25)38)34-18-5-3-6-19(15-18)35-30(40)28-22(11-14-41-28)33-16-17-10-12-32-21-8-2-1-7-20(17)21/h1-3,5-8,10-12,14-15,23,33-34H,4,9,13,16H2,(H2,31,39)(H,35,40)/t23-/m1/s1. The van der Waals surface area contributed by atoms with E-state index in [0.29, 0.717) is 47.9 Å². The highest BCUT2D eigenvalue weighted by Gasteiger charge is 2.36. The summed E-state index contributed by atoms with van der Waals surface area (Å²) < 4.78 is 0. The molecule has 0 unspecified atom stereocenters. The van der Waals surface area contributed by atoms with Crippen molar-refractivity contribution in [1.82, 2.24) is 4.98 Å². The Hall–Kier alpha value is -5.03. The molecule has 11 heteroatoms. The van der Waals surface area contributed by atoms with Crippen LogP contribution in [-0.2, 0) is 11.3 Å². The fourth-order valence-corrected chi connectivity index (χ4v) is 6.00. The molecule has 3 aromatic carbocycles. The number of amides is 2. The van der Waals surface area contributed by atoms with E-state index in [0.717, 1.165) is 16.5 Å². The zero-order valence-electron chi connectivity index (χ0n) is 21.8. The predicted octanol–water partition coefficient (Wildman–Crippen LogP) is 3.95. The van der Waals surface area contributed by atoms with E-state index in [1.165, 1.54) is 11.3 Å². The van der Waals surface area contributed by atoms with Crippen molar-refractivity contribution in [3.63, 3.8) is 0 Å². The van der Waals surface area contributed by atoms with Crippen LogP contribution in [-0.4, -0.2) is 29.4 Å². The van der Waals surface area contributed by atoms with Gasteiger partial charge in [-0.1, -0.05) is 24.3 Å². The lowest BCUT2D eigenvalue weighted by Gasteiger charge is -2.27. The van der Waals surface area contributed by atoms with Crippen LogP contribution in [0, 0.1) is 0 Å². The molecule has 1 aliphatic heterocycles. The van der Waals surface area contributed by atoms with Gasteiger partial charge in [0.05, 0.1) is 11.2 Å². The molecule has 3 heterocycles. The van der Waals surface area contributed by atoms with Crippen molar-refractivity contribution in [2.45, 2.75) is 25.4 Å². The Morgan fingerprint density at radius 3 is 2.71 bits per heavy atom. The molecule has 6 rings (SSSR count). The van der Waals surface area contributed by atoms with Crippen molar-refractivity contribution in [3.05, 3.63) is 103 Å². The minimum Gasteiger partial charge on any atom is -0.380 e. The van der Waals surface area contributed by atoms with Crippen molar-refractivity contribution in [2.75, 3.05) is 27.4 Å². The topological polar surface area (TPSA) is 147 Å². The number of fused-ring (bicyclic) bond motifs is 1. The summed E-state index contributed by atoms with van der Waals surface area (Å²) >= 11 is 1.33. The number of carbonyl (C=O) groups excluding carboxylic acids is 2. The van der Waals surface area contributed by atoms with E-state index in [1.54, 1.807) is 35.4 Å². The molecular formula is C30H26N6O4S. The lowest BCUT2D eigenvalue weighted by atomic mass is 10.1. The maximum atomic E-state index is 13.2. The summed E-state index contributed by atoms with van der Waals surface area (Å²) in [6.07, 6.45) is 3.01. The van der Waals surface area contributed by atoms with Crippen LogP contribution in [0.5, 0.6) is 0 Å². The highest BCUT2D eigenvalue weighted by molar-refractivity contribution is 7.12. The highest BCUT2D eigenvalue weighted by atomic mass is 32.1. The number of nitrogens with two attached hydrogens (primary N) is 1. The number of nitrogens with zero attached hydrogens (tertiary/aromatic N) is 2. The first-order valence-electron chi connectivity index (χ1n) is 13.1. The number of para-hydroxylation sites is 1. The second-order valence-corrected chi connectivity index (χ2v) is 10.7. The van der Waals surface area contributed by atoms with Crippen molar-refractivity contribution in [1.29, 1.82) is 0 Å². The summed E-state index contributed by atoms with van der Waals surface area (Å²) in [6.45, 7) is 0.995. The molecule has 41 heavy (non-hydrogen) atoms. The van der Waals surface area contributed by atoms with Gasteiger partial charge in [-0.25, -0.2) is 0 Å². The number of rotatable bonds is 9. The molecular weight excluding hydrogens is 540 g/mol. The van der Waals surface area contributed by atoms with E-state index in [4.69, 9.17) is 5.73 Å². The van der Waals surface area contributed by atoms with Gasteiger partial charge in [-0.3, -0.25) is 24.2 Å². The molecule has 0 bridgehead atoms. The highest BCUT2D eigenvalue weighted by Crippen LogP contribution is 2.31. The van der Waals surface area contributed by atoms with Crippen molar-refractivity contribution in [3.8, 4) is 0 Å². The third-order valence-corrected chi connectivity index (χ3v) is 8.14. The summed E-state index contributed by atoms with van der Waals surface area (Å²) in [7, 11) is 0. The molecule has 2 aromatic heterocycles. The molecule has 0 radical (unpaired) electrons. The van der Waals surface area contributed by atoms with E-state index >= 15 is 0 Å². The van der Waals surface area contributed by atoms with Gasteiger partial charge in [0.25, 0.3) is 16.8 Å². The minimum atomic E-state index is -0.652. The van der Waals surface area contributed by atoms with Crippen molar-refractivity contribution in [2.24, 2.45) is 5.73 Å². The number of benzene rings is 2. The summed E-state index contributed by atoms with van der Waals surface area (Å²) in [5.41, 5.74) is 8.24. The first kappa shape index (κ1) is 26.2. The lowest BCUT2D eigenvalue weighted by Crippen LogP contribution is -2.48. The monoisotopic (exact) mass is 566 g/mol. The summed E-state index contributed by atoms with van der Waals surface area (Å²) in [5.74, 6) is -0.807. The zero-order valence-corrected chi connectivity index (χ0v) is 22.7. The van der Waals surface area contributed by atoms with Gasteiger partial charge in [0, 0.05) is 36.0 Å². The average molecular weight is 567 g/mol. The van der Waals surface area contributed by atoms with Gasteiger partial charge in [0.1, 0.15) is 22.3 Å². The lowest BCUT2D eigenvalue weighted by molar-refractivity contribution is -0.119. The maximum absolute atomic E-state index is 13.2. The maximum Gasteiger partial charge on any atom is 0.267 e. The number of nitrogens with one attached hydrogen (secondary N) is 3. The van der Waals surface area contributed by atoms with Gasteiger partial charge < -0.3 is 26.6 Å². The molecule has 0 aliphatic carbocycles. The predicted molar refractivity (Wildman–Crippen MR) is 162 cm³/mol. The number of carbonyl (C=O) groups is 2. The van der Waals surface area contributed by atoms with Gasteiger partial charge in [0.15, 0.2) is 0 Å². The van der Waals surface area contributed by atoms with Crippen LogP contribution in [0.25, 0.3) is 10.9 Å². The molecule has 2 amide bonds. The summed E-state index contributed by atoms with van der Waals surface area (Å²) in [4.78, 5) is 56.4. The fourth-order valence-electron chi connectivity index (χ4n) is 5.23. The Labute approximate surface area is 238 Å². The van der Waals surface area contributed by atoms with Crippen LogP contribution < -0.4 is 37.4 Å². The second-order valence-electron chi connectivity index (χ2n) is 9.80. The van der Waals surface area contributed by atoms with Crippen molar-refractivity contribution >= 4 is 62.5 Å². The Balaban J connectivity index is 1.16. The normalized spacial score (nSPS) is 14.8. The first-order chi connectivity index (χ1) is 19.9. The number of pyridine rings is 1. The molecule has 1 fully saturated rings. The molecule has 1 atom stereocenters. The van der Waals surface area contributed by atoms with E-state index < -0.39 is 22.8 Å². The van der Waals surface area contributed by atoms with Crippen LogP contribution in [0.15, 0.2) is 81.8 Å². The van der Waals surface area contributed by atoms with E-state index in [9.17, 15) is 19.2 Å². The molecule has 5 aromatic rings. The van der Waals surface area contributed by atoms with Crippen LogP contribution in [0.4, 0.5) is 28.4 Å². The second kappa shape index (κ2) is 10.9. The summed E-state index contributed by atoms with van der Waals surface area (Å²) in [5, 5.41) is 12.2. The van der Waals surface area contributed by atoms with Crippen LogP contribution in [0.1, 0.15) is 28.1 Å². The van der Waals surface area contributed by atoms with Gasteiger partial charge in [-0.05, 0) is 60.2 Å². The number of primary amides is 1. The number of aromatic nitrogens is 1. The van der Waals surface area contributed by atoms with Gasteiger partial charge in [0.2, 0.25) is 5.91 Å². The van der Waals surface area contributed by atoms with Crippen molar-refractivity contribution < 1.29 is 9.59 Å². The number of thiophene rings is 1. The smallest absolute Gasteiger partial charge is 0.267 e. The first-order valence-corrected chi connectivity index (χ1v) is 14.0. The van der Waals surface area contributed by atoms with Gasteiger partial charge in [-0.15, -0.1) is 11.3 Å². The quantitative estimate of drug-likeness (QED) is 0.196. The van der Waals surface area contributed by atoms with E-state index in [2.05, 4.69) is 20.9 Å². The Morgan fingerprint density at radius 2 is 1.85 bits per heavy atom. The minimum absolute atomic E-state index is 0.125. The summed E-state index contributed by atoms with van der Waals surface area (Å²) in [6, 6.07) is 18.0. The molecule has 0 spiro atoms. The molecule has 1 aliphatic rings. The molecule has 206 valence electrons. The van der Waals surface area contributed by atoms with Crippen LogP contribution in [0.3, 0.4) is 0 Å². The fraction of sp³-hybridized carbons (Fsp3) is 0.167.